The molecule has 3 aromatic rings. The Morgan fingerprint density at radius 3 is 2.72 bits per heavy atom. The van der Waals surface area contributed by atoms with Crippen LogP contribution in [0.2, 0.25) is 5.02 Å². The van der Waals surface area contributed by atoms with E-state index in [1.165, 1.54) is 0 Å². The first-order valence-electron chi connectivity index (χ1n) is 7.89. The molecule has 0 saturated heterocycles. The number of anilines is 1. The van der Waals surface area contributed by atoms with Crippen LogP contribution >= 0.6 is 11.6 Å². The molecule has 3 N–H and O–H groups in total. The van der Waals surface area contributed by atoms with Gasteiger partial charge in [-0.25, -0.2) is 0 Å². The van der Waals surface area contributed by atoms with Crippen LogP contribution in [0.3, 0.4) is 0 Å². The lowest BCUT2D eigenvalue weighted by Gasteiger charge is -2.07. The average Bonchev–Trinajstić information content (AvgIpc) is 3.09. The van der Waals surface area contributed by atoms with Crippen LogP contribution in [0, 0.1) is 0 Å². The molecule has 3 rings (SSSR count). The van der Waals surface area contributed by atoms with Gasteiger partial charge in [-0.3, -0.25) is 14.7 Å². The summed E-state index contributed by atoms with van der Waals surface area (Å²) in [6.07, 6.45) is 2.56. The molecule has 128 valence electrons. The van der Waals surface area contributed by atoms with Crippen molar-refractivity contribution < 1.29 is 9.59 Å². The number of hydrogen-bond donors (Lipinski definition) is 3. The van der Waals surface area contributed by atoms with Crippen molar-refractivity contribution in [1.29, 1.82) is 0 Å². The number of nitrogens with one attached hydrogen (secondary N) is 3. The van der Waals surface area contributed by atoms with Crippen molar-refractivity contribution in [2.75, 3.05) is 11.9 Å². The molecule has 25 heavy (non-hydrogen) atoms. The molecule has 2 aromatic carbocycles. The van der Waals surface area contributed by atoms with Crippen molar-refractivity contribution in [2.24, 2.45) is 0 Å². The van der Waals surface area contributed by atoms with Crippen LogP contribution in [0.4, 0.5) is 5.69 Å². The Labute approximate surface area is 149 Å². The lowest BCUT2D eigenvalue weighted by atomic mass is 10.2. The predicted molar refractivity (Wildman–Crippen MR) is 97.7 cm³/mol. The summed E-state index contributed by atoms with van der Waals surface area (Å²) in [4.78, 5) is 24.0. The Morgan fingerprint density at radius 2 is 1.92 bits per heavy atom. The van der Waals surface area contributed by atoms with Crippen LogP contribution in [0.25, 0.3) is 10.9 Å². The summed E-state index contributed by atoms with van der Waals surface area (Å²) in [5.41, 5.74) is 2.04. The first-order valence-corrected chi connectivity index (χ1v) is 8.27. The first-order chi connectivity index (χ1) is 12.1. The van der Waals surface area contributed by atoms with Crippen molar-refractivity contribution in [3.63, 3.8) is 0 Å². The largest absolute Gasteiger partial charge is 0.352 e. The van der Waals surface area contributed by atoms with Crippen LogP contribution in [-0.4, -0.2) is 28.6 Å². The third-order valence-corrected chi connectivity index (χ3v) is 3.98. The minimum absolute atomic E-state index is 0.108. The second-order valence-corrected chi connectivity index (χ2v) is 5.99. The van der Waals surface area contributed by atoms with Gasteiger partial charge >= 0.3 is 0 Å². The minimum Gasteiger partial charge on any atom is -0.352 e. The predicted octanol–water partition coefficient (Wildman–Crippen LogP) is 3.37. The molecule has 0 spiro atoms. The number of para-hydroxylation sites is 1. The maximum atomic E-state index is 12.1. The Balaban J connectivity index is 1.44. The van der Waals surface area contributed by atoms with Gasteiger partial charge in [0.25, 0.3) is 5.91 Å². The number of benzene rings is 2. The third-order valence-electron chi connectivity index (χ3n) is 3.72. The summed E-state index contributed by atoms with van der Waals surface area (Å²) in [6.45, 7) is 0.420. The number of carbonyl (C=O) groups is 2. The molecular weight excluding hydrogens is 340 g/mol. The van der Waals surface area contributed by atoms with Crippen molar-refractivity contribution in [1.82, 2.24) is 15.5 Å². The van der Waals surface area contributed by atoms with E-state index in [0.29, 0.717) is 35.7 Å². The first kappa shape index (κ1) is 17.0. The van der Waals surface area contributed by atoms with E-state index in [-0.39, 0.29) is 11.8 Å². The van der Waals surface area contributed by atoms with E-state index < -0.39 is 0 Å². The molecule has 0 fully saturated rings. The molecular formula is C18H17ClN4O2. The van der Waals surface area contributed by atoms with Gasteiger partial charge in [0.2, 0.25) is 5.91 Å². The SMILES string of the molecule is O=C(CCCNC(=O)c1ccc(Cl)cc1)Nc1cccc2cn[nH]c12. The lowest BCUT2D eigenvalue weighted by Crippen LogP contribution is -2.25. The maximum absolute atomic E-state index is 12.1. The fourth-order valence-electron chi connectivity index (χ4n) is 2.44. The molecule has 0 radical (unpaired) electrons. The number of aromatic nitrogens is 2. The number of hydrogen-bond acceptors (Lipinski definition) is 3. The lowest BCUT2D eigenvalue weighted by molar-refractivity contribution is -0.116. The molecule has 0 aliphatic heterocycles. The topological polar surface area (TPSA) is 86.9 Å². The van der Waals surface area contributed by atoms with Crippen molar-refractivity contribution >= 4 is 40.0 Å². The smallest absolute Gasteiger partial charge is 0.251 e. The zero-order chi connectivity index (χ0) is 17.6. The summed E-state index contributed by atoms with van der Waals surface area (Å²) in [5.74, 6) is -0.290. The zero-order valence-corrected chi connectivity index (χ0v) is 14.1. The Bertz CT molecular complexity index is 889. The number of amides is 2. The van der Waals surface area contributed by atoms with E-state index in [4.69, 9.17) is 11.6 Å². The fourth-order valence-corrected chi connectivity index (χ4v) is 2.57. The molecule has 6 nitrogen and oxygen atoms in total. The highest BCUT2D eigenvalue weighted by Crippen LogP contribution is 2.20. The highest BCUT2D eigenvalue weighted by Gasteiger charge is 2.08. The summed E-state index contributed by atoms with van der Waals surface area (Å²) in [5, 5.41) is 14.0. The number of H-pyrrole nitrogens is 1. The van der Waals surface area contributed by atoms with E-state index in [1.807, 2.05) is 18.2 Å². The standard InChI is InChI=1S/C18H17ClN4O2/c19-14-8-6-12(7-9-14)18(25)20-10-2-5-16(24)22-15-4-1-3-13-11-21-23-17(13)15/h1,3-4,6-9,11H,2,5,10H2,(H,20,25)(H,21,23)(H,22,24). The monoisotopic (exact) mass is 356 g/mol. The second-order valence-electron chi connectivity index (χ2n) is 5.55. The van der Waals surface area contributed by atoms with Crippen LogP contribution in [0.5, 0.6) is 0 Å². The van der Waals surface area contributed by atoms with Gasteiger partial charge in [0.1, 0.15) is 0 Å². The minimum atomic E-state index is -0.181. The highest BCUT2D eigenvalue weighted by molar-refractivity contribution is 6.30. The highest BCUT2D eigenvalue weighted by atomic mass is 35.5. The molecule has 1 aromatic heterocycles. The summed E-state index contributed by atoms with van der Waals surface area (Å²) >= 11 is 5.79. The Hall–Kier alpha value is -2.86. The van der Waals surface area contributed by atoms with Crippen molar-refractivity contribution in [2.45, 2.75) is 12.8 Å². The van der Waals surface area contributed by atoms with E-state index in [1.54, 1.807) is 30.5 Å². The van der Waals surface area contributed by atoms with Gasteiger partial charge < -0.3 is 10.6 Å². The van der Waals surface area contributed by atoms with Gasteiger partial charge in [0.15, 0.2) is 0 Å². The normalized spacial score (nSPS) is 10.6. The van der Waals surface area contributed by atoms with Gasteiger partial charge in [-0.15, -0.1) is 0 Å². The van der Waals surface area contributed by atoms with Crippen LogP contribution < -0.4 is 10.6 Å². The molecule has 0 atom stereocenters. The summed E-state index contributed by atoms with van der Waals surface area (Å²) in [7, 11) is 0. The van der Waals surface area contributed by atoms with Crippen LogP contribution in [-0.2, 0) is 4.79 Å². The number of fused-ring (bicyclic) bond motifs is 1. The molecule has 0 saturated carbocycles. The van der Waals surface area contributed by atoms with E-state index in [0.717, 1.165) is 10.9 Å². The number of aromatic amines is 1. The van der Waals surface area contributed by atoms with Gasteiger partial charge in [0, 0.05) is 28.9 Å². The molecule has 7 heteroatoms. The second kappa shape index (κ2) is 7.81. The van der Waals surface area contributed by atoms with Gasteiger partial charge in [-0.1, -0.05) is 23.7 Å². The van der Waals surface area contributed by atoms with Gasteiger partial charge in [-0.2, -0.15) is 5.10 Å². The van der Waals surface area contributed by atoms with Crippen LogP contribution in [0.15, 0.2) is 48.7 Å². The van der Waals surface area contributed by atoms with E-state index >= 15 is 0 Å². The number of nitrogens with zero attached hydrogens (tertiary/aromatic N) is 1. The number of halogens is 1. The van der Waals surface area contributed by atoms with E-state index in [2.05, 4.69) is 20.8 Å². The average molecular weight is 357 g/mol. The zero-order valence-electron chi connectivity index (χ0n) is 13.4. The van der Waals surface area contributed by atoms with Gasteiger partial charge in [0.05, 0.1) is 17.4 Å². The molecule has 0 unspecified atom stereocenters. The molecule has 0 bridgehead atoms. The molecule has 0 aliphatic rings. The Kier molecular flexibility index (Phi) is 5.30. The fraction of sp³-hybridized carbons (Fsp3) is 0.167. The van der Waals surface area contributed by atoms with Crippen LogP contribution in [0.1, 0.15) is 23.2 Å². The van der Waals surface area contributed by atoms with Crippen molar-refractivity contribution in [3.8, 4) is 0 Å². The van der Waals surface area contributed by atoms with Gasteiger partial charge in [-0.05, 0) is 36.8 Å². The number of rotatable bonds is 6. The van der Waals surface area contributed by atoms with Crippen molar-refractivity contribution in [3.05, 3.63) is 59.2 Å². The molecule has 0 aliphatic carbocycles. The molecule has 2 amide bonds. The summed E-state index contributed by atoms with van der Waals surface area (Å²) in [6, 6.07) is 12.3. The number of carbonyl (C=O) groups excluding carboxylic acids is 2. The molecule has 1 heterocycles. The quantitative estimate of drug-likeness (QED) is 0.592. The maximum Gasteiger partial charge on any atom is 0.251 e. The Morgan fingerprint density at radius 1 is 1.12 bits per heavy atom. The van der Waals surface area contributed by atoms with E-state index in [9.17, 15) is 9.59 Å². The summed E-state index contributed by atoms with van der Waals surface area (Å²) < 4.78 is 0. The third kappa shape index (κ3) is 4.36.